The van der Waals surface area contributed by atoms with Gasteiger partial charge in [0.2, 0.25) is 0 Å². The minimum Gasteiger partial charge on any atom is -0.312 e. The van der Waals surface area contributed by atoms with Crippen molar-refractivity contribution in [3.63, 3.8) is 0 Å². The van der Waals surface area contributed by atoms with Gasteiger partial charge in [-0.1, -0.05) is 0 Å². The van der Waals surface area contributed by atoms with Crippen LogP contribution in [0.3, 0.4) is 0 Å². The molecule has 19 heavy (non-hydrogen) atoms. The number of hydrogen-bond donors (Lipinski definition) is 1. The number of rotatable bonds is 6. The summed E-state index contributed by atoms with van der Waals surface area (Å²) in [5.41, 5.74) is 0.276. The molecular formula is C17H32N2. The summed E-state index contributed by atoms with van der Waals surface area (Å²) in [5, 5.41) is 3.68. The molecule has 0 amide bonds. The summed E-state index contributed by atoms with van der Waals surface area (Å²) in [5.74, 6) is 4.17. The Hall–Kier alpha value is -0.0800. The van der Waals surface area contributed by atoms with E-state index in [4.69, 9.17) is 0 Å². The quantitative estimate of drug-likeness (QED) is 0.793. The van der Waals surface area contributed by atoms with Gasteiger partial charge in [-0.2, -0.15) is 0 Å². The molecule has 1 saturated heterocycles. The maximum atomic E-state index is 3.68. The van der Waals surface area contributed by atoms with Crippen molar-refractivity contribution in [1.29, 1.82) is 0 Å². The Balaban J connectivity index is 1.41. The maximum Gasteiger partial charge on any atom is 0.00966 e. The zero-order chi connectivity index (χ0) is 13.5. The number of nitrogens with zero attached hydrogens (tertiary/aromatic N) is 1. The molecule has 1 atom stereocenters. The van der Waals surface area contributed by atoms with E-state index in [0.717, 1.165) is 23.7 Å². The molecule has 0 aromatic carbocycles. The molecule has 2 saturated carbocycles. The van der Waals surface area contributed by atoms with Crippen LogP contribution >= 0.6 is 0 Å². The molecule has 2 heteroatoms. The Morgan fingerprint density at radius 3 is 2.21 bits per heavy atom. The second kappa shape index (κ2) is 5.37. The summed E-state index contributed by atoms with van der Waals surface area (Å²) in [6.45, 7) is 12.1. The minimum atomic E-state index is 0.276. The first-order chi connectivity index (χ1) is 9.01. The van der Waals surface area contributed by atoms with Crippen LogP contribution in [-0.4, -0.2) is 36.6 Å². The molecule has 2 nitrogen and oxygen atoms in total. The van der Waals surface area contributed by atoms with Crippen molar-refractivity contribution >= 4 is 0 Å². The van der Waals surface area contributed by atoms with Crippen molar-refractivity contribution in [1.82, 2.24) is 10.2 Å². The average Bonchev–Trinajstić information content (AvgIpc) is 3.22. The topological polar surface area (TPSA) is 15.3 Å². The van der Waals surface area contributed by atoms with Gasteiger partial charge in [-0.25, -0.2) is 0 Å². The fraction of sp³-hybridized carbons (Fsp3) is 1.00. The van der Waals surface area contributed by atoms with E-state index in [2.05, 4.69) is 31.0 Å². The molecule has 1 heterocycles. The lowest BCUT2D eigenvalue weighted by Gasteiger charge is -2.25. The van der Waals surface area contributed by atoms with Crippen molar-refractivity contribution in [2.45, 2.75) is 58.4 Å². The first-order valence-electron chi connectivity index (χ1n) is 8.48. The van der Waals surface area contributed by atoms with Gasteiger partial charge in [0.1, 0.15) is 0 Å². The molecule has 3 rings (SSSR count). The van der Waals surface area contributed by atoms with E-state index in [1.807, 2.05) is 0 Å². The Labute approximate surface area is 119 Å². The third-order valence-corrected chi connectivity index (χ3v) is 5.22. The molecule has 110 valence electrons. The van der Waals surface area contributed by atoms with Gasteiger partial charge in [0.15, 0.2) is 0 Å². The van der Waals surface area contributed by atoms with Crippen molar-refractivity contribution in [3.8, 4) is 0 Å². The Morgan fingerprint density at radius 1 is 1.05 bits per heavy atom. The van der Waals surface area contributed by atoms with Gasteiger partial charge in [0, 0.05) is 18.6 Å². The minimum absolute atomic E-state index is 0.276. The van der Waals surface area contributed by atoms with Crippen molar-refractivity contribution < 1.29 is 0 Å². The lowest BCUT2D eigenvalue weighted by Crippen LogP contribution is -2.40. The van der Waals surface area contributed by atoms with Crippen LogP contribution < -0.4 is 5.32 Å². The summed E-state index contributed by atoms with van der Waals surface area (Å²) >= 11 is 0. The zero-order valence-electron chi connectivity index (χ0n) is 13.1. The normalized spacial score (nSPS) is 29.4. The number of nitrogens with one attached hydrogen (secondary N) is 1. The maximum absolute atomic E-state index is 3.68. The zero-order valence-corrected chi connectivity index (χ0v) is 13.1. The molecule has 3 fully saturated rings. The predicted octanol–water partition coefficient (Wildman–Crippen LogP) is 3.13. The van der Waals surface area contributed by atoms with Crippen LogP contribution in [0, 0.1) is 23.7 Å². The van der Waals surface area contributed by atoms with Crippen LogP contribution in [0.25, 0.3) is 0 Å². The van der Waals surface area contributed by atoms with Crippen LogP contribution in [0.5, 0.6) is 0 Å². The van der Waals surface area contributed by atoms with Gasteiger partial charge in [-0.3, -0.25) is 0 Å². The highest BCUT2D eigenvalue weighted by molar-refractivity contribution is 4.94. The Morgan fingerprint density at radius 2 is 1.68 bits per heavy atom. The van der Waals surface area contributed by atoms with Crippen LogP contribution in [0.1, 0.15) is 52.9 Å². The monoisotopic (exact) mass is 264 g/mol. The van der Waals surface area contributed by atoms with Gasteiger partial charge in [0.05, 0.1) is 0 Å². The summed E-state index contributed by atoms with van der Waals surface area (Å²) in [6, 6.07) is 0. The highest BCUT2D eigenvalue weighted by Gasteiger charge is 2.42. The second-order valence-electron chi connectivity index (χ2n) is 8.38. The SMILES string of the molecule is CC(C)(C)NCC1CCN(CC(C2CC2)C2CC2)C1. The predicted molar refractivity (Wildman–Crippen MR) is 81.2 cm³/mol. The van der Waals surface area contributed by atoms with E-state index in [0.29, 0.717) is 0 Å². The van der Waals surface area contributed by atoms with E-state index in [-0.39, 0.29) is 5.54 Å². The first kappa shape index (κ1) is 13.9. The van der Waals surface area contributed by atoms with Crippen molar-refractivity contribution in [2.24, 2.45) is 23.7 Å². The summed E-state index contributed by atoms with van der Waals surface area (Å²) in [6.07, 6.45) is 7.53. The van der Waals surface area contributed by atoms with Crippen LogP contribution in [0.2, 0.25) is 0 Å². The lowest BCUT2D eigenvalue weighted by atomic mass is 9.97. The van der Waals surface area contributed by atoms with Crippen LogP contribution in [0.15, 0.2) is 0 Å². The van der Waals surface area contributed by atoms with E-state index in [9.17, 15) is 0 Å². The molecule has 0 aromatic rings. The fourth-order valence-electron chi connectivity index (χ4n) is 3.73. The van der Waals surface area contributed by atoms with E-state index in [1.54, 1.807) is 0 Å². The first-order valence-corrected chi connectivity index (χ1v) is 8.48. The van der Waals surface area contributed by atoms with Crippen LogP contribution in [-0.2, 0) is 0 Å². The molecule has 1 unspecified atom stereocenters. The third kappa shape index (κ3) is 4.19. The molecule has 2 aliphatic carbocycles. The highest BCUT2D eigenvalue weighted by Crippen LogP contribution is 2.49. The van der Waals surface area contributed by atoms with Crippen molar-refractivity contribution in [2.75, 3.05) is 26.2 Å². The molecular weight excluding hydrogens is 232 g/mol. The summed E-state index contributed by atoms with van der Waals surface area (Å²) < 4.78 is 0. The standard InChI is InChI=1S/C17H32N2/c1-17(2,3)18-10-13-8-9-19(11-13)12-16(14-4-5-14)15-6-7-15/h13-16,18H,4-12H2,1-3H3. The second-order valence-corrected chi connectivity index (χ2v) is 8.38. The molecule has 0 radical (unpaired) electrons. The summed E-state index contributed by atoms with van der Waals surface area (Å²) in [4.78, 5) is 2.77. The molecule has 0 spiro atoms. The molecule has 0 bridgehead atoms. The average molecular weight is 264 g/mol. The van der Waals surface area contributed by atoms with Crippen LogP contribution in [0.4, 0.5) is 0 Å². The van der Waals surface area contributed by atoms with Gasteiger partial charge < -0.3 is 10.2 Å². The summed E-state index contributed by atoms with van der Waals surface area (Å²) in [7, 11) is 0. The number of hydrogen-bond acceptors (Lipinski definition) is 2. The van der Waals surface area contributed by atoms with Gasteiger partial charge in [-0.05, 0) is 89.6 Å². The molecule has 3 aliphatic rings. The Kier molecular flexibility index (Phi) is 3.92. The fourth-order valence-corrected chi connectivity index (χ4v) is 3.73. The van der Waals surface area contributed by atoms with E-state index >= 15 is 0 Å². The largest absolute Gasteiger partial charge is 0.312 e. The van der Waals surface area contributed by atoms with Gasteiger partial charge in [-0.15, -0.1) is 0 Å². The third-order valence-electron chi connectivity index (χ3n) is 5.22. The molecule has 1 N–H and O–H groups in total. The van der Waals surface area contributed by atoms with Gasteiger partial charge >= 0.3 is 0 Å². The van der Waals surface area contributed by atoms with E-state index < -0.39 is 0 Å². The number of likely N-dealkylation sites (tertiary alicyclic amines) is 1. The highest BCUT2D eigenvalue weighted by atomic mass is 15.2. The lowest BCUT2D eigenvalue weighted by molar-refractivity contribution is 0.231. The van der Waals surface area contributed by atoms with Crippen molar-refractivity contribution in [3.05, 3.63) is 0 Å². The molecule has 1 aliphatic heterocycles. The Bertz CT molecular complexity index is 287. The van der Waals surface area contributed by atoms with Gasteiger partial charge in [0.25, 0.3) is 0 Å². The smallest absolute Gasteiger partial charge is 0.00966 e. The molecule has 0 aromatic heterocycles. The van der Waals surface area contributed by atoms with E-state index in [1.165, 1.54) is 58.3 Å².